The Hall–Kier alpha value is -1.84. The van der Waals surface area contributed by atoms with Crippen molar-refractivity contribution in [2.75, 3.05) is 0 Å². The molecule has 1 N–H and O–H groups in total. The van der Waals surface area contributed by atoms with Gasteiger partial charge >= 0.3 is 0 Å². The molecule has 0 amide bonds. The molecule has 0 spiro atoms. The number of nitrogens with zero attached hydrogens (tertiary/aromatic N) is 2. The van der Waals surface area contributed by atoms with E-state index in [-0.39, 0.29) is 5.78 Å². The van der Waals surface area contributed by atoms with Crippen molar-refractivity contribution in [3.05, 3.63) is 28.6 Å². The lowest BCUT2D eigenvalue weighted by Gasteiger charge is -2.20. The predicted octanol–water partition coefficient (Wildman–Crippen LogP) is 6.32. The summed E-state index contributed by atoms with van der Waals surface area (Å²) < 4.78 is 2.43. The lowest BCUT2D eigenvalue weighted by atomic mass is 9.90. The van der Waals surface area contributed by atoms with Gasteiger partial charge in [-0.25, -0.2) is 0 Å². The van der Waals surface area contributed by atoms with Crippen LogP contribution >= 0.6 is 0 Å². The van der Waals surface area contributed by atoms with Crippen LogP contribution in [-0.4, -0.2) is 21.3 Å². The molecule has 0 aliphatic heterocycles. The number of aryl methyl sites for hydroxylation is 1. The van der Waals surface area contributed by atoms with Gasteiger partial charge in [0.25, 0.3) is 0 Å². The van der Waals surface area contributed by atoms with Gasteiger partial charge in [0, 0.05) is 24.0 Å². The van der Waals surface area contributed by atoms with Crippen molar-refractivity contribution in [1.82, 2.24) is 4.57 Å². The summed E-state index contributed by atoms with van der Waals surface area (Å²) in [6.45, 7) is 9.87. The molecule has 0 fully saturated rings. The van der Waals surface area contributed by atoms with Crippen molar-refractivity contribution in [3.63, 3.8) is 0 Å². The average Bonchev–Trinajstić information content (AvgIpc) is 3.02. The Bertz CT molecular complexity index is 712. The van der Waals surface area contributed by atoms with E-state index in [2.05, 4.69) is 43.6 Å². The van der Waals surface area contributed by atoms with Gasteiger partial charge < -0.3 is 9.77 Å². The number of unbranched alkanes of at least 4 members (excludes halogenated alkanes) is 3. The van der Waals surface area contributed by atoms with Crippen LogP contribution in [0.1, 0.15) is 95.4 Å². The van der Waals surface area contributed by atoms with E-state index in [4.69, 9.17) is 0 Å². The molecule has 1 heterocycles. The molecule has 156 valence electrons. The fourth-order valence-corrected chi connectivity index (χ4v) is 4.21. The number of Topliss-reactive ketones (excluding diaryl/α,β-unsaturated/α-hetero) is 1. The smallest absolute Gasteiger partial charge is 0.206 e. The first kappa shape index (κ1) is 22.4. The van der Waals surface area contributed by atoms with Gasteiger partial charge in [-0.15, -0.1) is 0 Å². The number of hydrogen-bond donors (Lipinski definition) is 1. The van der Waals surface area contributed by atoms with E-state index in [0.717, 1.165) is 50.1 Å². The molecule has 1 aliphatic rings. The van der Waals surface area contributed by atoms with Gasteiger partial charge in [-0.05, 0) is 62.1 Å². The molecule has 4 nitrogen and oxygen atoms in total. The topological polar surface area (TPSA) is 54.6 Å². The highest BCUT2D eigenvalue weighted by atomic mass is 16.4. The lowest BCUT2D eigenvalue weighted by Crippen LogP contribution is -2.20. The first-order valence-corrected chi connectivity index (χ1v) is 11.2. The van der Waals surface area contributed by atoms with Gasteiger partial charge in [0.05, 0.1) is 0 Å². The van der Waals surface area contributed by atoms with Crippen molar-refractivity contribution in [2.24, 2.45) is 11.1 Å². The number of allylic oxidation sites excluding steroid dienone is 1. The van der Waals surface area contributed by atoms with Crippen LogP contribution in [0.5, 0.6) is 0 Å². The number of aromatic nitrogens is 1. The van der Waals surface area contributed by atoms with Crippen LogP contribution in [-0.2, 0) is 17.8 Å². The number of hydrogen-bond acceptors (Lipinski definition) is 3. The second-order valence-corrected chi connectivity index (χ2v) is 8.24. The van der Waals surface area contributed by atoms with Gasteiger partial charge in [-0.1, -0.05) is 58.0 Å². The Kier molecular flexibility index (Phi) is 9.01. The molecule has 0 aromatic carbocycles. The zero-order chi connectivity index (χ0) is 20.5. The molecule has 1 unspecified atom stereocenters. The third-order valence-corrected chi connectivity index (χ3v) is 6.07. The summed E-state index contributed by atoms with van der Waals surface area (Å²) in [6, 6.07) is 0. The number of carbonyl (C=O) groups is 1. The predicted molar refractivity (Wildman–Crippen MR) is 117 cm³/mol. The molecule has 0 saturated heterocycles. The molecule has 0 bridgehead atoms. The second-order valence-electron chi connectivity index (χ2n) is 8.24. The van der Waals surface area contributed by atoms with Crippen LogP contribution in [0.4, 0.5) is 0 Å². The quantitative estimate of drug-likeness (QED) is 0.198. The molecule has 1 aromatic rings. The average molecular weight is 387 g/mol. The van der Waals surface area contributed by atoms with Crippen LogP contribution in [0.3, 0.4) is 0 Å². The van der Waals surface area contributed by atoms with E-state index >= 15 is 0 Å². The van der Waals surface area contributed by atoms with Crippen molar-refractivity contribution in [3.8, 4) is 0 Å². The first-order chi connectivity index (χ1) is 13.5. The third kappa shape index (κ3) is 5.59. The van der Waals surface area contributed by atoms with E-state index in [1.54, 1.807) is 0 Å². The normalized spacial score (nSPS) is 15.3. The highest BCUT2D eigenvalue weighted by Gasteiger charge is 2.24. The third-order valence-electron chi connectivity index (χ3n) is 6.07. The van der Waals surface area contributed by atoms with Crippen LogP contribution in [0.2, 0.25) is 0 Å². The molecule has 1 aliphatic carbocycles. The van der Waals surface area contributed by atoms with E-state index < -0.39 is 0 Å². The van der Waals surface area contributed by atoms with Crippen LogP contribution in [0, 0.1) is 12.8 Å². The summed E-state index contributed by atoms with van der Waals surface area (Å²) in [6.07, 6.45) is 14.5. The molecular formula is C24H38N2O2. The zero-order valence-electron chi connectivity index (χ0n) is 18.3. The lowest BCUT2D eigenvalue weighted by molar-refractivity contribution is -0.110. The maximum absolute atomic E-state index is 12.8. The van der Waals surface area contributed by atoms with E-state index in [9.17, 15) is 10.0 Å². The molecule has 0 radical (unpaired) electrons. The number of ketones is 1. The Morgan fingerprint density at radius 1 is 1.18 bits per heavy atom. The molecule has 1 aromatic heterocycles. The van der Waals surface area contributed by atoms with Crippen LogP contribution in [0.15, 0.2) is 16.9 Å². The molecular weight excluding hydrogens is 348 g/mol. The summed E-state index contributed by atoms with van der Waals surface area (Å²) >= 11 is 0. The fourth-order valence-electron chi connectivity index (χ4n) is 4.21. The van der Waals surface area contributed by atoms with E-state index in [0.29, 0.717) is 12.1 Å². The molecule has 4 heteroatoms. The molecule has 2 rings (SSSR count). The number of fused-ring (bicyclic) bond motifs is 1. The van der Waals surface area contributed by atoms with E-state index in [1.165, 1.54) is 42.5 Å². The van der Waals surface area contributed by atoms with Gasteiger partial charge in [-0.2, -0.15) is 0 Å². The molecule has 1 atom stereocenters. The number of rotatable bonds is 12. The Morgan fingerprint density at radius 2 is 1.93 bits per heavy atom. The van der Waals surface area contributed by atoms with Gasteiger partial charge in [0.2, 0.25) is 5.78 Å². The fraction of sp³-hybridized carbons (Fsp3) is 0.667. The summed E-state index contributed by atoms with van der Waals surface area (Å²) in [7, 11) is 0. The second kappa shape index (κ2) is 11.2. The minimum Gasteiger partial charge on any atom is -0.411 e. The number of carbonyl (C=O) groups excluding carboxylic acids is 1. The van der Waals surface area contributed by atoms with Crippen LogP contribution < -0.4 is 0 Å². The van der Waals surface area contributed by atoms with Crippen molar-refractivity contribution < 1.29 is 10.0 Å². The summed E-state index contributed by atoms with van der Waals surface area (Å²) in [5.74, 6) is 0.639. The molecule has 0 saturated carbocycles. The van der Waals surface area contributed by atoms with Gasteiger partial charge in [0.1, 0.15) is 5.71 Å². The zero-order valence-corrected chi connectivity index (χ0v) is 18.3. The Labute approximate surface area is 170 Å². The Morgan fingerprint density at radius 3 is 2.57 bits per heavy atom. The van der Waals surface area contributed by atoms with Crippen molar-refractivity contribution >= 4 is 17.6 Å². The first-order valence-electron chi connectivity index (χ1n) is 11.2. The minimum atomic E-state index is -0.0780. The van der Waals surface area contributed by atoms with Gasteiger partial charge in [-0.3, -0.25) is 4.79 Å². The van der Waals surface area contributed by atoms with E-state index in [1.807, 2.05) is 6.08 Å². The SMILES string of the molecule is CCCCC/C(=N\O)C(=O)C1=Cc2c(C)cn(CC(CC)CCCC)c2CC1. The maximum Gasteiger partial charge on any atom is 0.206 e. The highest BCUT2D eigenvalue weighted by Crippen LogP contribution is 2.30. The standard InChI is InChI=1S/C24H38N2O2/c1-5-8-10-12-22(25-28)24(27)20-13-14-23-21(15-20)18(4)16-26(23)17-19(7-3)11-9-6-2/h15-16,19,28H,5-14,17H2,1-4H3/b25-22+. The summed E-state index contributed by atoms with van der Waals surface area (Å²) in [4.78, 5) is 12.8. The van der Waals surface area contributed by atoms with Crippen molar-refractivity contribution in [1.29, 1.82) is 0 Å². The highest BCUT2D eigenvalue weighted by molar-refractivity contribution is 6.46. The summed E-state index contributed by atoms with van der Waals surface area (Å²) in [5, 5.41) is 12.6. The maximum atomic E-state index is 12.8. The largest absolute Gasteiger partial charge is 0.411 e. The van der Waals surface area contributed by atoms with Gasteiger partial charge in [0.15, 0.2) is 0 Å². The Balaban J connectivity index is 2.16. The van der Waals surface area contributed by atoms with Crippen LogP contribution in [0.25, 0.3) is 6.08 Å². The summed E-state index contributed by atoms with van der Waals surface area (Å²) in [5.41, 5.74) is 4.89. The monoisotopic (exact) mass is 386 g/mol. The minimum absolute atomic E-state index is 0.0780. The molecule has 28 heavy (non-hydrogen) atoms. The van der Waals surface area contributed by atoms with Crippen molar-refractivity contribution in [2.45, 2.75) is 98.4 Å². The number of oxime groups is 1.